The standard InChI is InChI=1S/C15H19ClN4S/c1-4-11(12-6-5-9-21-12)20-13(7-8-16)17-14-10(2)18-19(3)15(14)20/h5-6,9,11H,4,7-8H2,1-3H3. The van der Waals surface area contributed by atoms with Crippen LogP contribution in [0.5, 0.6) is 0 Å². The van der Waals surface area contributed by atoms with Crippen molar-refractivity contribution in [1.29, 1.82) is 0 Å². The van der Waals surface area contributed by atoms with Crippen molar-refractivity contribution in [2.75, 3.05) is 5.88 Å². The lowest BCUT2D eigenvalue weighted by Gasteiger charge is -2.19. The highest BCUT2D eigenvalue weighted by Crippen LogP contribution is 2.32. The summed E-state index contributed by atoms with van der Waals surface area (Å²) in [5.74, 6) is 1.63. The van der Waals surface area contributed by atoms with Gasteiger partial charge in [0.05, 0.1) is 11.7 Å². The predicted molar refractivity (Wildman–Crippen MR) is 88.4 cm³/mol. The molecule has 4 nitrogen and oxygen atoms in total. The molecule has 0 aliphatic rings. The fraction of sp³-hybridized carbons (Fsp3) is 0.467. The molecule has 0 spiro atoms. The Kier molecular flexibility index (Phi) is 4.04. The van der Waals surface area contributed by atoms with E-state index in [2.05, 4.69) is 34.1 Å². The van der Waals surface area contributed by atoms with Gasteiger partial charge in [0.2, 0.25) is 0 Å². The van der Waals surface area contributed by atoms with E-state index < -0.39 is 0 Å². The molecular weight excluding hydrogens is 304 g/mol. The molecular formula is C15H19ClN4S. The minimum atomic E-state index is 0.294. The van der Waals surface area contributed by atoms with Gasteiger partial charge in [-0.15, -0.1) is 22.9 Å². The van der Waals surface area contributed by atoms with E-state index in [-0.39, 0.29) is 0 Å². The first-order valence-electron chi connectivity index (χ1n) is 7.17. The van der Waals surface area contributed by atoms with Crippen LogP contribution in [0.25, 0.3) is 11.2 Å². The van der Waals surface area contributed by atoms with E-state index in [0.717, 1.165) is 35.5 Å². The Morgan fingerprint density at radius 3 is 2.86 bits per heavy atom. The highest BCUT2D eigenvalue weighted by Gasteiger charge is 2.23. The molecule has 0 aliphatic carbocycles. The number of fused-ring (bicyclic) bond motifs is 1. The van der Waals surface area contributed by atoms with Gasteiger partial charge in [-0.05, 0) is 24.8 Å². The van der Waals surface area contributed by atoms with Crippen LogP contribution in [-0.2, 0) is 13.5 Å². The van der Waals surface area contributed by atoms with Crippen LogP contribution in [0.4, 0.5) is 0 Å². The molecule has 0 fully saturated rings. The third-order valence-corrected chi connectivity index (χ3v) is 4.96. The highest BCUT2D eigenvalue weighted by molar-refractivity contribution is 7.10. The topological polar surface area (TPSA) is 35.6 Å². The van der Waals surface area contributed by atoms with Crippen LogP contribution in [0.1, 0.15) is 35.8 Å². The van der Waals surface area contributed by atoms with Crippen LogP contribution in [-0.4, -0.2) is 25.2 Å². The molecule has 0 N–H and O–H groups in total. The first kappa shape index (κ1) is 14.6. The van der Waals surface area contributed by atoms with E-state index in [1.54, 1.807) is 11.3 Å². The molecule has 1 unspecified atom stereocenters. The molecule has 0 amide bonds. The van der Waals surface area contributed by atoms with Crippen molar-refractivity contribution >= 4 is 34.1 Å². The maximum absolute atomic E-state index is 5.98. The molecule has 0 aliphatic heterocycles. The second kappa shape index (κ2) is 5.81. The molecule has 6 heteroatoms. The number of thiophene rings is 1. The van der Waals surface area contributed by atoms with Gasteiger partial charge in [-0.2, -0.15) is 5.10 Å². The van der Waals surface area contributed by atoms with Gasteiger partial charge < -0.3 is 4.57 Å². The van der Waals surface area contributed by atoms with E-state index in [1.807, 2.05) is 18.7 Å². The van der Waals surface area contributed by atoms with Gasteiger partial charge in [-0.1, -0.05) is 13.0 Å². The molecule has 21 heavy (non-hydrogen) atoms. The Labute approximate surface area is 133 Å². The van der Waals surface area contributed by atoms with Crippen molar-refractivity contribution in [3.63, 3.8) is 0 Å². The molecule has 112 valence electrons. The van der Waals surface area contributed by atoms with Gasteiger partial charge in [0.15, 0.2) is 5.65 Å². The van der Waals surface area contributed by atoms with Crippen molar-refractivity contribution in [2.45, 2.75) is 32.7 Å². The molecule has 0 saturated carbocycles. The monoisotopic (exact) mass is 322 g/mol. The number of alkyl halides is 1. The van der Waals surface area contributed by atoms with Crippen molar-refractivity contribution in [3.05, 3.63) is 33.9 Å². The molecule has 3 aromatic rings. The van der Waals surface area contributed by atoms with Crippen LogP contribution in [0, 0.1) is 6.92 Å². The maximum atomic E-state index is 5.98. The van der Waals surface area contributed by atoms with Crippen molar-refractivity contribution < 1.29 is 0 Å². The lowest BCUT2D eigenvalue weighted by molar-refractivity contribution is 0.551. The van der Waals surface area contributed by atoms with Gasteiger partial charge in [-0.25, -0.2) is 4.98 Å². The quantitative estimate of drug-likeness (QED) is 0.667. The number of aromatic nitrogens is 4. The number of nitrogens with zero attached hydrogens (tertiary/aromatic N) is 4. The van der Waals surface area contributed by atoms with Gasteiger partial charge in [-0.3, -0.25) is 4.68 Å². The smallest absolute Gasteiger partial charge is 0.159 e. The Balaban J connectivity index is 2.25. The van der Waals surface area contributed by atoms with E-state index in [1.165, 1.54) is 4.88 Å². The van der Waals surface area contributed by atoms with Crippen LogP contribution in [0.2, 0.25) is 0 Å². The Bertz CT molecular complexity index is 741. The van der Waals surface area contributed by atoms with Gasteiger partial charge in [0, 0.05) is 24.2 Å². The Morgan fingerprint density at radius 2 is 2.24 bits per heavy atom. The lowest BCUT2D eigenvalue weighted by Crippen LogP contribution is -2.14. The number of imidazole rings is 1. The molecule has 3 aromatic heterocycles. The Hall–Kier alpha value is -1.33. The molecule has 3 heterocycles. The third kappa shape index (κ3) is 2.38. The summed E-state index contributed by atoms with van der Waals surface area (Å²) in [5.41, 5.74) is 3.06. The number of rotatable bonds is 5. The summed E-state index contributed by atoms with van der Waals surface area (Å²) in [4.78, 5) is 6.15. The molecule has 0 aromatic carbocycles. The summed E-state index contributed by atoms with van der Waals surface area (Å²) >= 11 is 7.77. The first-order valence-corrected chi connectivity index (χ1v) is 8.58. The average Bonchev–Trinajstić information content (AvgIpc) is 3.14. The fourth-order valence-electron chi connectivity index (χ4n) is 2.92. The molecule has 3 rings (SSSR count). The number of hydrogen-bond acceptors (Lipinski definition) is 3. The largest absolute Gasteiger partial charge is 0.304 e. The number of aryl methyl sites for hydroxylation is 3. The van der Waals surface area contributed by atoms with E-state index in [4.69, 9.17) is 16.6 Å². The first-order chi connectivity index (χ1) is 10.2. The maximum Gasteiger partial charge on any atom is 0.159 e. The van der Waals surface area contributed by atoms with E-state index >= 15 is 0 Å². The van der Waals surface area contributed by atoms with Gasteiger partial charge in [0.25, 0.3) is 0 Å². The van der Waals surface area contributed by atoms with Crippen molar-refractivity contribution in [1.82, 2.24) is 19.3 Å². The van der Waals surface area contributed by atoms with Crippen molar-refractivity contribution in [3.8, 4) is 0 Å². The SMILES string of the molecule is CCC(c1cccs1)n1c(CCCl)nc2c(C)nn(C)c21. The zero-order chi connectivity index (χ0) is 15.0. The van der Waals surface area contributed by atoms with E-state index in [0.29, 0.717) is 11.9 Å². The Morgan fingerprint density at radius 1 is 1.43 bits per heavy atom. The summed E-state index contributed by atoms with van der Waals surface area (Å²) in [5, 5.41) is 6.64. The zero-order valence-electron chi connectivity index (χ0n) is 12.5. The molecule has 1 atom stereocenters. The fourth-order valence-corrected chi connectivity index (χ4v) is 3.99. The summed E-state index contributed by atoms with van der Waals surface area (Å²) in [6, 6.07) is 4.59. The number of hydrogen-bond donors (Lipinski definition) is 0. The average molecular weight is 323 g/mol. The minimum absolute atomic E-state index is 0.294. The van der Waals surface area contributed by atoms with Gasteiger partial charge >= 0.3 is 0 Å². The second-order valence-electron chi connectivity index (χ2n) is 5.16. The van der Waals surface area contributed by atoms with Crippen molar-refractivity contribution in [2.24, 2.45) is 7.05 Å². The predicted octanol–water partition coefficient (Wildman–Crippen LogP) is 3.92. The molecule has 0 radical (unpaired) electrons. The molecule has 0 saturated heterocycles. The summed E-state index contributed by atoms with van der Waals surface area (Å²) in [7, 11) is 1.99. The summed E-state index contributed by atoms with van der Waals surface area (Å²) in [6.07, 6.45) is 1.79. The summed E-state index contributed by atoms with van der Waals surface area (Å²) < 4.78 is 4.26. The molecule has 0 bridgehead atoms. The van der Waals surface area contributed by atoms with E-state index in [9.17, 15) is 0 Å². The lowest BCUT2D eigenvalue weighted by atomic mass is 10.2. The van der Waals surface area contributed by atoms with Gasteiger partial charge in [0.1, 0.15) is 11.3 Å². The minimum Gasteiger partial charge on any atom is -0.304 e. The summed E-state index contributed by atoms with van der Waals surface area (Å²) in [6.45, 7) is 4.22. The normalized spacial score (nSPS) is 13.1. The van der Waals surface area contributed by atoms with Crippen LogP contribution in [0.3, 0.4) is 0 Å². The number of halogens is 1. The van der Waals surface area contributed by atoms with Crippen LogP contribution < -0.4 is 0 Å². The van der Waals surface area contributed by atoms with Crippen LogP contribution >= 0.6 is 22.9 Å². The zero-order valence-corrected chi connectivity index (χ0v) is 14.1. The second-order valence-corrected chi connectivity index (χ2v) is 6.51. The van der Waals surface area contributed by atoms with Crippen LogP contribution in [0.15, 0.2) is 17.5 Å². The highest BCUT2D eigenvalue weighted by atomic mass is 35.5. The third-order valence-electron chi connectivity index (χ3n) is 3.80.